The van der Waals surface area contributed by atoms with Crippen molar-refractivity contribution in [2.75, 3.05) is 18.4 Å². The van der Waals surface area contributed by atoms with Crippen molar-refractivity contribution in [1.82, 2.24) is 5.32 Å². The largest absolute Gasteiger partial charge is 0.711 e. The Labute approximate surface area is 167 Å². The number of carboxylic acid groups (broad SMARTS) is 1. The molecule has 6 N–H and O–H groups in total. The standard InChI is InChI=1S/C18H21BN4O6/c20-6-7-21-15-5-4-11(10-23(15)28)8-16(24)22-14-9-12-2-1-3-13(18(25)26)17(12)29-19(14)27/h1-5,10,14,21,27H,6-9,20H2,(H,22,24)(H,25,26)/t14-/m0/s1. The molecule has 2 aromatic rings. The minimum Gasteiger partial charge on any atom is -0.711 e. The molecule has 0 radical (unpaired) electrons. The molecular formula is C18H21BN4O6. The Morgan fingerprint density at radius 2 is 2.14 bits per heavy atom. The van der Waals surface area contributed by atoms with Crippen LogP contribution in [-0.4, -0.2) is 48.2 Å². The Kier molecular flexibility index (Phi) is 6.20. The van der Waals surface area contributed by atoms with Gasteiger partial charge < -0.3 is 31.0 Å². The van der Waals surface area contributed by atoms with Crippen molar-refractivity contribution in [3.8, 4) is 5.75 Å². The number of hydrogen-bond acceptors (Lipinski definition) is 7. The first-order valence-electron chi connectivity index (χ1n) is 9.04. The first-order valence-corrected chi connectivity index (χ1v) is 9.04. The predicted molar refractivity (Wildman–Crippen MR) is 104 cm³/mol. The van der Waals surface area contributed by atoms with E-state index in [4.69, 9.17) is 10.4 Å². The summed E-state index contributed by atoms with van der Waals surface area (Å²) >= 11 is 0. The van der Waals surface area contributed by atoms with E-state index in [0.29, 0.717) is 34.8 Å². The Morgan fingerprint density at radius 1 is 1.34 bits per heavy atom. The summed E-state index contributed by atoms with van der Waals surface area (Å²) in [5.74, 6) is -1.87. The molecule has 29 heavy (non-hydrogen) atoms. The van der Waals surface area contributed by atoms with Crippen LogP contribution in [0, 0.1) is 5.21 Å². The quantitative estimate of drug-likeness (QED) is 0.226. The number of hydrogen-bond donors (Lipinski definition) is 5. The average molecular weight is 400 g/mol. The van der Waals surface area contributed by atoms with Gasteiger partial charge in [0.25, 0.3) is 5.82 Å². The number of anilines is 1. The van der Waals surface area contributed by atoms with Gasteiger partial charge in [0.15, 0.2) is 0 Å². The molecule has 2 heterocycles. The fourth-order valence-electron chi connectivity index (χ4n) is 3.12. The number of carbonyl (C=O) groups excluding carboxylic acids is 1. The van der Waals surface area contributed by atoms with E-state index in [-0.39, 0.29) is 24.2 Å². The van der Waals surface area contributed by atoms with Crippen LogP contribution in [0.25, 0.3) is 0 Å². The number of amides is 1. The van der Waals surface area contributed by atoms with Gasteiger partial charge in [-0.25, -0.2) is 9.52 Å². The molecule has 0 unspecified atom stereocenters. The molecule has 1 atom stereocenters. The van der Waals surface area contributed by atoms with E-state index in [1.807, 2.05) is 0 Å². The van der Waals surface area contributed by atoms with Gasteiger partial charge in [0.2, 0.25) is 5.91 Å². The second kappa shape index (κ2) is 8.80. The minimum absolute atomic E-state index is 0.0466. The lowest BCUT2D eigenvalue weighted by Crippen LogP contribution is -2.53. The molecule has 1 aromatic heterocycles. The summed E-state index contributed by atoms with van der Waals surface area (Å²) in [5, 5.41) is 36.9. The molecule has 0 fully saturated rings. The molecular weight excluding hydrogens is 379 g/mol. The minimum atomic E-state index is -1.39. The molecule has 11 heteroatoms. The van der Waals surface area contributed by atoms with Gasteiger partial charge in [-0.3, -0.25) is 10.1 Å². The summed E-state index contributed by atoms with van der Waals surface area (Å²) in [6, 6.07) is 7.86. The molecule has 1 amide bonds. The van der Waals surface area contributed by atoms with Crippen LogP contribution >= 0.6 is 0 Å². The summed E-state index contributed by atoms with van der Waals surface area (Å²) in [4.78, 5) is 23.6. The van der Waals surface area contributed by atoms with Crippen molar-refractivity contribution in [3.63, 3.8) is 0 Å². The van der Waals surface area contributed by atoms with Gasteiger partial charge >= 0.3 is 13.1 Å². The second-order valence-corrected chi connectivity index (χ2v) is 6.63. The van der Waals surface area contributed by atoms with Gasteiger partial charge in [0, 0.05) is 18.2 Å². The number of nitrogens with two attached hydrogens (primary N) is 1. The fraction of sp³-hybridized carbons (Fsp3) is 0.278. The molecule has 0 saturated heterocycles. The Balaban J connectivity index is 1.65. The maximum atomic E-state index is 12.4. The summed E-state index contributed by atoms with van der Waals surface area (Å²) in [6.07, 6.45) is 1.44. The highest BCUT2D eigenvalue weighted by atomic mass is 16.5. The monoisotopic (exact) mass is 400 g/mol. The van der Waals surface area contributed by atoms with Gasteiger partial charge in [-0.15, -0.1) is 0 Å². The number of nitrogens with one attached hydrogen (secondary N) is 2. The van der Waals surface area contributed by atoms with Crippen LogP contribution in [0.3, 0.4) is 0 Å². The molecule has 0 aliphatic carbocycles. The zero-order chi connectivity index (χ0) is 21.0. The van der Waals surface area contributed by atoms with Gasteiger partial charge in [0.1, 0.15) is 5.75 Å². The lowest BCUT2D eigenvalue weighted by molar-refractivity contribution is -0.590. The number of rotatable bonds is 7. The molecule has 1 aromatic carbocycles. The van der Waals surface area contributed by atoms with Gasteiger partial charge in [-0.2, -0.15) is 0 Å². The van der Waals surface area contributed by atoms with Gasteiger partial charge in [0.05, 0.1) is 30.7 Å². The summed E-state index contributed by atoms with van der Waals surface area (Å²) in [7, 11) is -1.39. The molecule has 152 valence electrons. The van der Waals surface area contributed by atoms with Crippen LogP contribution in [0.5, 0.6) is 5.75 Å². The molecule has 3 rings (SSSR count). The number of aromatic carboxylic acids is 1. The number of para-hydroxylation sites is 1. The van der Waals surface area contributed by atoms with Crippen molar-refractivity contribution in [1.29, 1.82) is 0 Å². The first-order chi connectivity index (χ1) is 13.9. The molecule has 0 saturated carbocycles. The van der Waals surface area contributed by atoms with Crippen LogP contribution in [0.4, 0.5) is 5.82 Å². The van der Waals surface area contributed by atoms with Crippen molar-refractivity contribution in [2.24, 2.45) is 5.73 Å². The number of benzene rings is 1. The third kappa shape index (κ3) is 4.76. The predicted octanol–water partition coefficient (Wildman–Crippen LogP) is -0.929. The average Bonchev–Trinajstić information content (AvgIpc) is 2.67. The van der Waals surface area contributed by atoms with Gasteiger partial charge in [-0.1, -0.05) is 12.1 Å². The highest BCUT2D eigenvalue weighted by molar-refractivity contribution is 6.47. The Morgan fingerprint density at radius 3 is 2.83 bits per heavy atom. The molecule has 0 spiro atoms. The van der Waals surface area contributed by atoms with Crippen LogP contribution in [0.15, 0.2) is 36.5 Å². The zero-order valence-electron chi connectivity index (χ0n) is 15.5. The number of carbonyl (C=O) groups is 2. The Hall–Kier alpha value is -3.31. The first kappa shape index (κ1) is 20.4. The number of fused-ring (bicyclic) bond motifs is 1. The SMILES string of the molecule is NCCNc1ccc(CC(=O)N[C@H]2Cc3cccc(C(=O)O)c3OB2O)c[n+]1[O-]. The van der Waals surface area contributed by atoms with E-state index >= 15 is 0 Å². The van der Waals surface area contributed by atoms with Crippen LogP contribution in [0.1, 0.15) is 21.5 Å². The van der Waals surface area contributed by atoms with E-state index < -0.39 is 24.9 Å². The number of nitrogens with zero attached hydrogens (tertiary/aromatic N) is 1. The smallest absolute Gasteiger partial charge is 0.547 e. The number of pyridine rings is 1. The fourth-order valence-corrected chi connectivity index (χ4v) is 3.12. The second-order valence-electron chi connectivity index (χ2n) is 6.63. The van der Waals surface area contributed by atoms with E-state index in [0.717, 1.165) is 0 Å². The van der Waals surface area contributed by atoms with Crippen LogP contribution in [-0.2, 0) is 17.6 Å². The maximum absolute atomic E-state index is 12.4. The van der Waals surface area contributed by atoms with E-state index in [1.165, 1.54) is 12.3 Å². The van der Waals surface area contributed by atoms with Crippen molar-refractivity contribution in [2.45, 2.75) is 18.8 Å². The summed E-state index contributed by atoms with van der Waals surface area (Å²) < 4.78 is 5.97. The summed E-state index contributed by atoms with van der Waals surface area (Å²) in [6.45, 7) is 0.833. The molecule has 10 nitrogen and oxygen atoms in total. The maximum Gasteiger partial charge on any atom is 0.547 e. The van der Waals surface area contributed by atoms with Crippen LogP contribution < -0.4 is 25.8 Å². The molecule has 1 aliphatic heterocycles. The summed E-state index contributed by atoms with van der Waals surface area (Å²) in [5.41, 5.74) is 6.42. The molecule has 0 bridgehead atoms. The van der Waals surface area contributed by atoms with E-state index in [1.54, 1.807) is 24.3 Å². The van der Waals surface area contributed by atoms with Crippen molar-refractivity contribution in [3.05, 3.63) is 58.4 Å². The van der Waals surface area contributed by atoms with Gasteiger partial charge in [-0.05, 0) is 24.1 Å². The number of aromatic nitrogens is 1. The van der Waals surface area contributed by atoms with Crippen molar-refractivity contribution >= 4 is 24.8 Å². The van der Waals surface area contributed by atoms with E-state index in [2.05, 4.69) is 10.6 Å². The van der Waals surface area contributed by atoms with E-state index in [9.17, 15) is 24.9 Å². The highest BCUT2D eigenvalue weighted by Gasteiger charge is 2.37. The zero-order valence-corrected chi connectivity index (χ0v) is 15.5. The highest BCUT2D eigenvalue weighted by Crippen LogP contribution is 2.30. The normalized spacial score (nSPS) is 15.2. The molecule has 1 aliphatic rings. The van der Waals surface area contributed by atoms with Crippen LogP contribution in [0.2, 0.25) is 0 Å². The number of carboxylic acids is 1. The lowest BCUT2D eigenvalue weighted by atomic mass is 9.72. The lowest BCUT2D eigenvalue weighted by Gasteiger charge is -2.28. The third-order valence-electron chi connectivity index (χ3n) is 4.49. The third-order valence-corrected chi connectivity index (χ3v) is 4.49. The van der Waals surface area contributed by atoms with Crippen molar-refractivity contribution < 1.29 is 29.1 Å². The topological polar surface area (TPSA) is 161 Å². The Bertz CT molecular complexity index is 925.